The van der Waals surface area contributed by atoms with Crippen LogP contribution in [0.25, 0.3) is 22.4 Å². The molecule has 0 fully saturated rings. The van der Waals surface area contributed by atoms with Crippen molar-refractivity contribution >= 4 is 34.4 Å². The monoisotopic (exact) mass is 439 g/mol. The first kappa shape index (κ1) is 20.9. The number of rotatable bonds is 6. The summed E-state index contributed by atoms with van der Waals surface area (Å²) in [6, 6.07) is 15.3. The SMILES string of the molecule is Cc1cc(C)nc(SCC(=O)Nc2ccc(-c3nc4ccccc4n3C(F)F)cc2)n1. The van der Waals surface area contributed by atoms with Crippen molar-refractivity contribution in [2.24, 2.45) is 0 Å². The van der Waals surface area contributed by atoms with Crippen molar-refractivity contribution in [3.63, 3.8) is 0 Å². The quantitative estimate of drug-likeness (QED) is 0.329. The highest BCUT2D eigenvalue weighted by Crippen LogP contribution is 2.30. The van der Waals surface area contributed by atoms with E-state index in [4.69, 9.17) is 0 Å². The van der Waals surface area contributed by atoms with E-state index in [-0.39, 0.29) is 17.5 Å². The zero-order chi connectivity index (χ0) is 22.0. The van der Waals surface area contributed by atoms with Crippen LogP contribution in [0.1, 0.15) is 17.9 Å². The van der Waals surface area contributed by atoms with Gasteiger partial charge in [-0.2, -0.15) is 8.78 Å². The van der Waals surface area contributed by atoms with Crippen LogP contribution in [-0.4, -0.2) is 31.2 Å². The van der Waals surface area contributed by atoms with Crippen LogP contribution < -0.4 is 5.32 Å². The summed E-state index contributed by atoms with van der Waals surface area (Å²) in [4.78, 5) is 25.2. The van der Waals surface area contributed by atoms with E-state index in [2.05, 4.69) is 20.3 Å². The molecule has 0 saturated heterocycles. The molecular formula is C22H19F2N5OS. The summed E-state index contributed by atoms with van der Waals surface area (Å²) < 4.78 is 28.2. The molecule has 0 unspecified atom stereocenters. The number of benzene rings is 2. The van der Waals surface area contributed by atoms with Gasteiger partial charge in [0, 0.05) is 22.6 Å². The third-order valence-corrected chi connectivity index (χ3v) is 5.36. The van der Waals surface area contributed by atoms with Gasteiger partial charge in [-0.15, -0.1) is 0 Å². The van der Waals surface area contributed by atoms with Crippen molar-refractivity contribution in [2.45, 2.75) is 25.6 Å². The maximum Gasteiger partial charge on any atom is 0.320 e. The number of aryl methyl sites for hydroxylation is 2. The Morgan fingerprint density at radius 2 is 1.71 bits per heavy atom. The Morgan fingerprint density at radius 3 is 2.39 bits per heavy atom. The van der Waals surface area contributed by atoms with Gasteiger partial charge in [0.1, 0.15) is 5.82 Å². The summed E-state index contributed by atoms with van der Waals surface area (Å²) in [6.45, 7) is 1.04. The molecular weight excluding hydrogens is 420 g/mol. The van der Waals surface area contributed by atoms with E-state index in [1.54, 1.807) is 48.5 Å². The lowest BCUT2D eigenvalue weighted by atomic mass is 10.2. The molecule has 2 heterocycles. The molecule has 4 rings (SSSR count). The van der Waals surface area contributed by atoms with Gasteiger partial charge in [-0.3, -0.25) is 9.36 Å². The fraction of sp³-hybridized carbons (Fsp3) is 0.182. The van der Waals surface area contributed by atoms with Crippen LogP contribution in [0.5, 0.6) is 0 Å². The number of hydrogen-bond donors (Lipinski definition) is 1. The average molecular weight is 439 g/mol. The number of fused-ring (bicyclic) bond motifs is 1. The summed E-state index contributed by atoms with van der Waals surface area (Å²) in [5.74, 6) is 0.128. The number of carbonyl (C=O) groups is 1. The number of thioether (sulfide) groups is 1. The van der Waals surface area contributed by atoms with Gasteiger partial charge in [0.15, 0.2) is 5.16 Å². The lowest BCUT2D eigenvalue weighted by molar-refractivity contribution is -0.113. The largest absolute Gasteiger partial charge is 0.325 e. The number of aromatic nitrogens is 4. The second-order valence-electron chi connectivity index (χ2n) is 6.92. The van der Waals surface area contributed by atoms with Crippen LogP contribution in [0.4, 0.5) is 14.5 Å². The fourth-order valence-electron chi connectivity index (χ4n) is 3.23. The van der Waals surface area contributed by atoms with Crippen LogP contribution in [0.2, 0.25) is 0 Å². The number of imidazole rings is 1. The number of amides is 1. The molecule has 0 aliphatic rings. The first-order chi connectivity index (χ1) is 14.9. The number of carbonyl (C=O) groups excluding carboxylic acids is 1. The van der Waals surface area contributed by atoms with Gasteiger partial charge >= 0.3 is 6.55 Å². The highest BCUT2D eigenvalue weighted by atomic mass is 32.2. The van der Waals surface area contributed by atoms with E-state index in [0.717, 1.165) is 16.0 Å². The Balaban J connectivity index is 1.47. The normalized spacial score (nSPS) is 11.3. The maximum atomic E-state index is 13.7. The number of nitrogens with zero attached hydrogens (tertiary/aromatic N) is 4. The van der Waals surface area contributed by atoms with Crippen LogP contribution in [0, 0.1) is 13.8 Å². The number of para-hydroxylation sites is 2. The molecule has 1 amide bonds. The molecule has 0 saturated carbocycles. The highest BCUT2D eigenvalue weighted by Gasteiger charge is 2.18. The number of halogens is 2. The predicted octanol–water partition coefficient (Wildman–Crippen LogP) is 5.24. The third-order valence-electron chi connectivity index (χ3n) is 4.51. The highest BCUT2D eigenvalue weighted by molar-refractivity contribution is 7.99. The van der Waals surface area contributed by atoms with Crippen LogP contribution >= 0.6 is 11.8 Å². The van der Waals surface area contributed by atoms with E-state index >= 15 is 0 Å². The Labute approximate surface area is 181 Å². The number of nitrogens with one attached hydrogen (secondary N) is 1. The summed E-state index contributed by atoms with van der Waals surface area (Å²) >= 11 is 1.25. The third kappa shape index (κ3) is 4.72. The average Bonchev–Trinajstić information content (AvgIpc) is 3.12. The van der Waals surface area contributed by atoms with Crippen LogP contribution in [-0.2, 0) is 4.79 Å². The van der Waals surface area contributed by atoms with Crippen molar-refractivity contribution in [1.82, 2.24) is 19.5 Å². The number of anilines is 1. The Kier molecular flexibility index (Phi) is 5.94. The minimum Gasteiger partial charge on any atom is -0.325 e. The molecule has 9 heteroatoms. The first-order valence-corrected chi connectivity index (χ1v) is 10.5. The molecule has 31 heavy (non-hydrogen) atoms. The smallest absolute Gasteiger partial charge is 0.320 e. The minimum atomic E-state index is -2.72. The van der Waals surface area contributed by atoms with Crippen LogP contribution in [0.3, 0.4) is 0 Å². The predicted molar refractivity (Wildman–Crippen MR) is 117 cm³/mol. The summed E-state index contributed by atoms with van der Waals surface area (Å²) in [6.07, 6.45) is 0. The molecule has 0 aliphatic carbocycles. The Bertz CT molecular complexity index is 1220. The molecule has 1 N–H and O–H groups in total. The van der Waals surface area contributed by atoms with Gasteiger partial charge in [0.2, 0.25) is 5.91 Å². The lowest BCUT2D eigenvalue weighted by Crippen LogP contribution is -2.14. The molecule has 6 nitrogen and oxygen atoms in total. The van der Waals surface area contributed by atoms with Gasteiger partial charge in [-0.05, 0) is 56.3 Å². The Morgan fingerprint density at radius 1 is 1.03 bits per heavy atom. The number of hydrogen-bond acceptors (Lipinski definition) is 5. The second-order valence-corrected chi connectivity index (χ2v) is 7.86. The Hall–Kier alpha value is -3.33. The van der Waals surface area contributed by atoms with E-state index in [0.29, 0.717) is 27.4 Å². The second kappa shape index (κ2) is 8.81. The molecule has 4 aromatic rings. The van der Waals surface area contributed by atoms with Gasteiger partial charge in [-0.25, -0.2) is 15.0 Å². The zero-order valence-electron chi connectivity index (χ0n) is 16.8. The molecule has 0 radical (unpaired) electrons. The van der Waals surface area contributed by atoms with Gasteiger partial charge < -0.3 is 5.32 Å². The number of alkyl halides is 2. The molecule has 0 atom stereocenters. The van der Waals surface area contributed by atoms with Crippen molar-refractivity contribution in [2.75, 3.05) is 11.1 Å². The van der Waals surface area contributed by atoms with E-state index < -0.39 is 6.55 Å². The van der Waals surface area contributed by atoms with E-state index in [1.165, 1.54) is 11.8 Å². The summed E-state index contributed by atoms with van der Waals surface area (Å²) in [7, 11) is 0. The van der Waals surface area contributed by atoms with Crippen LogP contribution in [0.15, 0.2) is 59.8 Å². The fourth-order valence-corrected chi connectivity index (χ4v) is 3.98. The van der Waals surface area contributed by atoms with Gasteiger partial charge in [0.25, 0.3) is 0 Å². The standard InChI is InChI=1S/C22H19F2N5OS/c1-13-11-14(2)26-22(25-13)31-12-19(30)27-16-9-7-15(8-10-16)20-28-17-5-3-4-6-18(17)29(20)21(23)24/h3-11,21H,12H2,1-2H3,(H,27,30). The van der Waals surface area contributed by atoms with Gasteiger partial charge in [0.05, 0.1) is 16.8 Å². The van der Waals surface area contributed by atoms with E-state index in [1.807, 2.05) is 19.9 Å². The minimum absolute atomic E-state index is 0.159. The van der Waals surface area contributed by atoms with Gasteiger partial charge in [-0.1, -0.05) is 23.9 Å². The van der Waals surface area contributed by atoms with Crippen molar-refractivity contribution in [1.29, 1.82) is 0 Å². The topological polar surface area (TPSA) is 72.7 Å². The molecule has 0 spiro atoms. The molecule has 2 aromatic heterocycles. The summed E-state index contributed by atoms with van der Waals surface area (Å²) in [5.41, 5.74) is 3.67. The van der Waals surface area contributed by atoms with Crippen molar-refractivity contribution in [3.05, 3.63) is 66.0 Å². The lowest BCUT2D eigenvalue weighted by Gasteiger charge is -2.09. The van der Waals surface area contributed by atoms with Crippen molar-refractivity contribution < 1.29 is 13.6 Å². The molecule has 0 aliphatic heterocycles. The molecule has 158 valence electrons. The molecule has 2 aromatic carbocycles. The molecule has 0 bridgehead atoms. The van der Waals surface area contributed by atoms with Crippen molar-refractivity contribution in [3.8, 4) is 11.4 Å². The zero-order valence-corrected chi connectivity index (χ0v) is 17.7. The first-order valence-electron chi connectivity index (χ1n) is 9.51. The maximum absolute atomic E-state index is 13.7. The summed E-state index contributed by atoms with van der Waals surface area (Å²) in [5, 5.41) is 3.34. The van der Waals surface area contributed by atoms with E-state index in [9.17, 15) is 13.6 Å².